The van der Waals surface area contributed by atoms with E-state index in [4.69, 9.17) is 14.5 Å². The van der Waals surface area contributed by atoms with E-state index in [0.29, 0.717) is 9.99 Å². The van der Waals surface area contributed by atoms with Crippen molar-refractivity contribution in [3.63, 3.8) is 0 Å². The molecule has 5 rings (SSSR count). The summed E-state index contributed by atoms with van der Waals surface area (Å²) in [6.07, 6.45) is -1.00. The lowest BCUT2D eigenvalue weighted by atomic mass is 10.0. The van der Waals surface area contributed by atoms with E-state index in [1.54, 1.807) is 39.0 Å². The standard InChI is InChI=1S/C31H31BrF2N4O6S/c1-31(2,3)44-30(40)36-27(16-19-14-21(33)18-22(34)15-19)28-35-26-17-20(32)4-9-25(26)29(39)38(28)23-5-7-24(8-6-23)45(41,42)37-10-12-43-13-11-37/h4-9,14-15,17-18,27H,10-13,16H2,1-3H3,(H,36,40)/t27-/m0/s1. The molecule has 3 aromatic carbocycles. The zero-order valence-electron chi connectivity index (χ0n) is 24.7. The Bertz CT molecular complexity index is 1890. The van der Waals surface area contributed by atoms with Crippen molar-refractivity contribution in [3.05, 3.63) is 98.5 Å². The van der Waals surface area contributed by atoms with E-state index >= 15 is 0 Å². The lowest BCUT2D eigenvalue weighted by Crippen LogP contribution is -2.40. The van der Waals surface area contributed by atoms with Gasteiger partial charge in [-0.05, 0) is 80.9 Å². The van der Waals surface area contributed by atoms with Crippen molar-refractivity contribution < 1.29 is 31.5 Å². The Morgan fingerprint density at radius 1 is 1.04 bits per heavy atom. The number of morpholine rings is 1. The first-order valence-corrected chi connectivity index (χ1v) is 16.3. The summed E-state index contributed by atoms with van der Waals surface area (Å²) in [6.45, 7) is 6.05. The Balaban J connectivity index is 1.66. The van der Waals surface area contributed by atoms with Crippen molar-refractivity contribution in [2.45, 2.75) is 43.7 Å². The van der Waals surface area contributed by atoms with E-state index in [9.17, 15) is 26.8 Å². The maximum Gasteiger partial charge on any atom is 0.408 e. The van der Waals surface area contributed by atoms with Gasteiger partial charge in [-0.2, -0.15) is 4.31 Å². The third-order valence-electron chi connectivity index (χ3n) is 6.92. The second-order valence-corrected chi connectivity index (χ2v) is 14.3. The molecule has 1 fully saturated rings. The van der Waals surface area contributed by atoms with Crippen LogP contribution in [0, 0.1) is 11.6 Å². The van der Waals surface area contributed by atoms with Gasteiger partial charge in [-0.3, -0.25) is 9.36 Å². The van der Waals surface area contributed by atoms with Crippen molar-refractivity contribution in [2.75, 3.05) is 26.3 Å². The molecule has 1 aliphatic rings. The number of hydrogen-bond acceptors (Lipinski definition) is 7. The maximum absolute atomic E-state index is 14.2. The lowest BCUT2D eigenvalue weighted by molar-refractivity contribution is 0.0500. The predicted molar refractivity (Wildman–Crippen MR) is 167 cm³/mol. The quantitative estimate of drug-likeness (QED) is 0.279. The number of rotatable bonds is 7. The fourth-order valence-corrected chi connectivity index (χ4v) is 6.74. The maximum atomic E-state index is 14.2. The van der Waals surface area contributed by atoms with Crippen LogP contribution < -0.4 is 10.9 Å². The number of ether oxygens (including phenoxy) is 2. The van der Waals surface area contributed by atoms with Gasteiger partial charge >= 0.3 is 6.09 Å². The molecular weight excluding hydrogens is 674 g/mol. The number of carbonyl (C=O) groups is 1. The van der Waals surface area contributed by atoms with Gasteiger partial charge in [0.05, 0.1) is 40.7 Å². The molecule has 4 aromatic rings. The average Bonchev–Trinajstić information content (AvgIpc) is 2.95. The Labute approximate surface area is 267 Å². The van der Waals surface area contributed by atoms with Gasteiger partial charge in [0.2, 0.25) is 10.0 Å². The minimum atomic E-state index is -3.82. The fraction of sp³-hybridized carbons (Fsp3) is 0.323. The first-order chi connectivity index (χ1) is 21.2. The molecule has 0 aliphatic carbocycles. The molecular formula is C31H31BrF2N4O6S. The topological polar surface area (TPSA) is 120 Å². The number of aromatic nitrogens is 2. The Hall–Kier alpha value is -3.72. The third-order valence-corrected chi connectivity index (χ3v) is 9.33. The smallest absolute Gasteiger partial charge is 0.408 e. The highest BCUT2D eigenvalue weighted by Crippen LogP contribution is 2.26. The van der Waals surface area contributed by atoms with E-state index in [2.05, 4.69) is 21.2 Å². The van der Waals surface area contributed by atoms with Crippen LogP contribution in [0.15, 0.2) is 74.8 Å². The highest BCUT2D eigenvalue weighted by Gasteiger charge is 2.29. The molecule has 1 aromatic heterocycles. The molecule has 10 nitrogen and oxygen atoms in total. The van der Waals surface area contributed by atoms with Crippen LogP contribution in [0.3, 0.4) is 0 Å². The molecule has 1 aliphatic heterocycles. The summed E-state index contributed by atoms with van der Waals surface area (Å²) < 4.78 is 68.9. The van der Waals surface area contributed by atoms with Gasteiger partial charge in [0.15, 0.2) is 0 Å². The molecule has 0 spiro atoms. The third kappa shape index (κ3) is 7.57. The van der Waals surface area contributed by atoms with E-state index in [0.717, 1.165) is 18.2 Å². The van der Waals surface area contributed by atoms with Crippen LogP contribution in [0.25, 0.3) is 16.6 Å². The van der Waals surface area contributed by atoms with Crippen molar-refractivity contribution in [1.29, 1.82) is 0 Å². The van der Waals surface area contributed by atoms with Crippen LogP contribution in [-0.2, 0) is 25.9 Å². The zero-order chi connectivity index (χ0) is 32.5. The van der Waals surface area contributed by atoms with Gasteiger partial charge in [-0.1, -0.05) is 15.9 Å². The summed E-state index contributed by atoms with van der Waals surface area (Å²) in [5.41, 5.74) is -0.630. The number of benzene rings is 3. The summed E-state index contributed by atoms with van der Waals surface area (Å²) in [4.78, 5) is 31.9. The SMILES string of the molecule is CC(C)(C)OC(=O)N[C@@H](Cc1cc(F)cc(F)c1)c1nc2cc(Br)ccc2c(=O)n1-c1ccc(S(=O)(=O)N2CCOCC2)cc1. The highest BCUT2D eigenvalue weighted by molar-refractivity contribution is 9.10. The molecule has 0 radical (unpaired) electrons. The second-order valence-electron chi connectivity index (χ2n) is 11.5. The number of halogens is 3. The number of carbonyl (C=O) groups excluding carboxylic acids is 1. The van der Waals surface area contributed by atoms with E-state index < -0.39 is 45.0 Å². The molecule has 1 N–H and O–H groups in total. The molecule has 238 valence electrons. The minimum absolute atomic E-state index is 0.0269. The highest BCUT2D eigenvalue weighted by atomic mass is 79.9. The van der Waals surface area contributed by atoms with Crippen LogP contribution >= 0.6 is 15.9 Å². The summed E-state index contributed by atoms with van der Waals surface area (Å²) in [5.74, 6) is -1.60. The molecule has 0 bridgehead atoms. The molecule has 45 heavy (non-hydrogen) atoms. The summed E-state index contributed by atoms with van der Waals surface area (Å²) in [6, 6.07) is 12.5. The molecule has 1 amide bonds. The van der Waals surface area contributed by atoms with Crippen molar-refractivity contribution in [3.8, 4) is 5.69 Å². The molecule has 0 saturated carbocycles. The Kier molecular flexibility index (Phi) is 9.40. The van der Waals surface area contributed by atoms with Crippen LogP contribution in [0.1, 0.15) is 38.2 Å². The Morgan fingerprint density at radius 2 is 1.69 bits per heavy atom. The number of nitrogens with one attached hydrogen (secondary N) is 1. The summed E-state index contributed by atoms with van der Waals surface area (Å²) in [5, 5.41) is 2.97. The van der Waals surface area contributed by atoms with Gasteiger partial charge < -0.3 is 14.8 Å². The molecule has 14 heteroatoms. The van der Waals surface area contributed by atoms with Crippen LogP contribution in [0.4, 0.5) is 13.6 Å². The average molecular weight is 706 g/mol. The van der Waals surface area contributed by atoms with Crippen molar-refractivity contribution in [1.82, 2.24) is 19.2 Å². The minimum Gasteiger partial charge on any atom is -0.444 e. The normalized spacial score (nSPS) is 15.2. The van der Waals surface area contributed by atoms with Gasteiger partial charge in [0, 0.05) is 30.0 Å². The molecule has 1 atom stereocenters. The molecule has 0 unspecified atom stereocenters. The van der Waals surface area contributed by atoms with E-state index in [1.807, 2.05) is 0 Å². The van der Waals surface area contributed by atoms with Crippen LogP contribution in [-0.4, -0.2) is 60.3 Å². The zero-order valence-corrected chi connectivity index (χ0v) is 27.1. The fourth-order valence-electron chi connectivity index (χ4n) is 4.98. The predicted octanol–water partition coefficient (Wildman–Crippen LogP) is 5.26. The number of hydrogen-bond donors (Lipinski definition) is 1. The van der Waals surface area contributed by atoms with Crippen LogP contribution in [0.5, 0.6) is 0 Å². The Morgan fingerprint density at radius 3 is 2.31 bits per heavy atom. The number of amides is 1. The number of nitrogens with zero attached hydrogens (tertiary/aromatic N) is 3. The van der Waals surface area contributed by atoms with Crippen molar-refractivity contribution >= 4 is 42.9 Å². The summed E-state index contributed by atoms with van der Waals surface area (Å²) >= 11 is 3.39. The van der Waals surface area contributed by atoms with Gasteiger partial charge in [-0.25, -0.2) is 27.0 Å². The summed E-state index contributed by atoms with van der Waals surface area (Å²) in [7, 11) is -3.82. The van der Waals surface area contributed by atoms with Crippen molar-refractivity contribution in [2.24, 2.45) is 0 Å². The monoisotopic (exact) mass is 704 g/mol. The molecule has 2 heterocycles. The van der Waals surface area contributed by atoms with Gasteiger partial charge in [0.1, 0.15) is 23.1 Å². The first-order valence-electron chi connectivity index (χ1n) is 14.1. The lowest BCUT2D eigenvalue weighted by Gasteiger charge is -2.26. The first kappa shape index (κ1) is 32.7. The number of alkyl carbamates (subject to hydrolysis) is 1. The molecule has 1 saturated heterocycles. The van der Waals surface area contributed by atoms with E-state index in [1.165, 1.54) is 33.1 Å². The van der Waals surface area contributed by atoms with Gasteiger partial charge in [0.25, 0.3) is 5.56 Å². The number of fused-ring (bicyclic) bond motifs is 1. The number of sulfonamides is 1. The van der Waals surface area contributed by atoms with Gasteiger partial charge in [-0.15, -0.1) is 0 Å². The van der Waals surface area contributed by atoms with Crippen LogP contribution in [0.2, 0.25) is 0 Å². The second kappa shape index (κ2) is 12.9. The van der Waals surface area contributed by atoms with E-state index in [-0.39, 0.29) is 60.1 Å². The largest absolute Gasteiger partial charge is 0.444 e.